The van der Waals surface area contributed by atoms with Gasteiger partial charge in [-0.3, -0.25) is 4.90 Å². The van der Waals surface area contributed by atoms with Crippen LogP contribution in [-0.4, -0.2) is 30.2 Å². The molecule has 110 valence electrons. The lowest BCUT2D eigenvalue weighted by molar-refractivity contribution is 0.0717. The predicted molar refractivity (Wildman–Crippen MR) is 83.4 cm³/mol. The van der Waals surface area contributed by atoms with Crippen LogP contribution in [0.4, 0.5) is 0 Å². The number of para-hydroxylation sites is 1. The summed E-state index contributed by atoms with van der Waals surface area (Å²) in [4.78, 5) is 2.21. The lowest BCUT2D eigenvalue weighted by atomic mass is 10.1. The molecule has 2 aromatic rings. The van der Waals surface area contributed by atoms with Crippen LogP contribution in [0.5, 0.6) is 5.75 Å². The van der Waals surface area contributed by atoms with Gasteiger partial charge in [0.15, 0.2) is 0 Å². The minimum atomic E-state index is -0.416. The molecule has 0 aromatic heterocycles. The first-order valence-electron chi connectivity index (χ1n) is 7.28. The first-order chi connectivity index (χ1) is 10.2. The molecular formula is C18H21NO2. The highest BCUT2D eigenvalue weighted by Gasteiger charge is 2.33. The molecule has 2 unspecified atom stereocenters. The molecule has 0 fully saturated rings. The number of hydrogen-bond acceptors (Lipinski definition) is 3. The van der Waals surface area contributed by atoms with Gasteiger partial charge in [-0.1, -0.05) is 42.5 Å². The molecule has 3 rings (SSSR count). The molecule has 1 N–H and O–H groups in total. The van der Waals surface area contributed by atoms with E-state index >= 15 is 0 Å². The van der Waals surface area contributed by atoms with Crippen molar-refractivity contribution in [3.63, 3.8) is 0 Å². The zero-order chi connectivity index (χ0) is 14.8. The molecule has 0 amide bonds. The van der Waals surface area contributed by atoms with Crippen molar-refractivity contribution < 1.29 is 9.84 Å². The zero-order valence-corrected chi connectivity index (χ0v) is 12.5. The van der Waals surface area contributed by atoms with Gasteiger partial charge < -0.3 is 9.84 Å². The second kappa shape index (κ2) is 5.88. The van der Waals surface area contributed by atoms with E-state index < -0.39 is 6.10 Å². The minimum Gasteiger partial charge on any atom is -0.496 e. The first-order valence-corrected chi connectivity index (χ1v) is 7.28. The summed E-state index contributed by atoms with van der Waals surface area (Å²) in [6.45, 7) is 0.764. The number of rotatable bonds is 4. The quantitative estimate of drug-likeness (QED) is 0.936. The molecule has 1 aliphatic carbocycles. The maximum absolute atomic E-state index is 10.5. The third-order valence-electron chi connectivity index (χ3n) is 4.35. The van der Waals surface area contributed by atoms with Crippen LogP contribution in [0.2, 0.25) is 0 Å². The smallest absolute Gasteiger partial charge is 0.123 e. The third-order valence-corrected chi connectivity index (χ3v) is 4.35. The van der Waals surface area contributed by atoms with Crippen molar-refractivity contribution in [3.8, 4) is 5.75 Å². The van der Waals surface area contributed by atoms with Crippen molar-refractivity contribution in [2.75, 3.05) is 14.2 Å². The Hall–Kier alpha value is -1.84. The van der Waals surface area contributed by atoms with Crippen LogP contribution in [0.15, 0.2) is 48.5 Å². The molecule has 2 aromatic carbocycles. The van der Waals surface area contributed by atoms with Gasteiger partial charge in [-0.25, -0.2) is 0 Å². The fourth-order valence-electron chi connectivity index (χ4n) is 3.17. The number of benzene rings is 2. The standard InChI is InChI=1S/C18H21NO2/c1-19(12-14-8-4-6-10-17(14)21-2)16-11-13-7-3-5-9-15(13)18(16)20/h3-10,16,18,20H,11-12H2,1-2H3. The molecule has 0 bridgehead atoms. The van der Waals surface area contributed by atoms with E-state index in [1.807, 2.05) is 36.4 Å². The monoisotopic (exact) mass is 283 g/mol. The molecule has 0 saturated carbocycles. The Labute approximate surface area is 125 Å². The maximum Gasteiger partial charge on any atom is 0.123 e. The predicted octanol–water partition coefficient (Wildman–Crippen LogP) is 2.79. The highest BCUT2D eigenvalue weighted by molar-refractivity contribution is 5.37. The maximum atomic E-state index is 10.5. The molecule has 21 heavy (non-hydrogen) atoms. The van der Waals surface area contributed by atoms with Crippen molar-refractivity contribution in [2.45, 2.75) is 25.1 Å². The Bertz CT molecular complexity index is 626. The summed E-state index contributed by atoms with van der Waals surface area (Å²) in [5, 5.41) is 10.5. The molecule has 0 saturated heterocycles. The Balaban J connectivity index is 1.77. The summed E-state index contributed by atoms with van der Waals surface area (Å²) < 4.78 is 5.41. The topological polar surface area (TPSA) is 32.7 Å². The molecule has 3 nitrogen and oxygen atoms in total. The van der Waals surface area contributed by atoms with Gasteiger partial charge in [0.05, 0.1) is 13.2 Å². The molecule has 0 aliphatic heterocycles. The normalized spacial score (nSPS) is 20.6. The highest BCUT2D eigenvalue weighted by atomic mass is 16.5. The van der Waals surface area contributed by atoms with Crippen LogP contribution >= 0.6 is 0 Å². The van der Waals surface area contributed by atoms with Gasteiger partial charge in [0.1, 0.15) is 5.75 Å². The van der Waals surface area contributed by atoms with Crippen LogP contribution in [-0.2, 0) is 13.0 Å². The van der Waals surface area contributed by atoms with E-state index in [4.69, 9.17) is 4.74 Å². The van der Waals surface area contributed by atoms with Crippen LogP contribution in [0.1, 0.15) is 22.8 Å². The molecule has 1 aliphatic rings. The van der Waals surface area contributed by atoms with Crippen molar-refractivity contribution in [1.82, 2.24) is 4.90 Å². The number of nitrogens with zero attached hydrogens (tertiary/aromatic N) is 1. The number of likely N-dealkylation sites (N-methyl/N-ethyl adjacent to an activating group) is 1. The van der Waals surface area contributed by atoms with Crippen molar-refractivity contribution in [1.29, 1.82) is 0 Å². The molecular weight excluding hydrogens is 262 g/mol. The lowest BCUT2D eigenvalue weighted by Crippen LogP contribution is -2.34. The summed E-state index contributed by atoms with van der Waals surface area (Å²) in [6, 6.07) is 16.3. The molecule has 2 atom stereocenters. The fraction of sp³-hybridized carbons (Fsp3) is 0.333. The number of ether oxygens (including phenoxy) is 1. The Morgan fingerprint density at radius 3 is 2.62 bits per heavy atom. The van der Waals surface area contributed by atoms with E-state index in [1.165, 1.54) is 5.56 Å². The summed E-state index contributed by atoms with van der Waals surface area (Å²) in [7, 11) is 3.76. The van der Waals surface area contributed by atoms with E-state index in [1.54, 1.807) is 7.11 Å². The van der Waals surface area contributed by atoms with Crippen molar-refractivity contribution >= 4 is 0 Å². The third kappa shape index (κ3) is 2.67. The summed E-state index contributed by atoms with van der Waals surface area (Å²) >= 11 is 0. The number of fused-ring (bicyclic) bond motifs is 1. The van der Waals surface area contributed by atoms with Gasteiger partial charge in [0.25, 0.3) is 0 Å². The van der Waals surface area contributed by atoms with Gasteiger partial charge >= 0.3 is 0 Å². The molecule has 0 spiro atoms. The van der Waals surface area contributed by atoms with Crippen LogP contribution < -0.4 is 4.74 Å². The summed E-state index contributed by atoms with van der Waals surface area (Å²) in [5.41, 5.74) is 3.46. The van der Waals surface area contributed by atoms with Crippen molar-refractivity contribution in [3.05, 3.63) is 65.2 Å². The fourth-order valence-corrected chi connectivity index (χ4v) is 3.17. The average Bonchev–Trinajstić information content (AvgIpc) is 2.85. The number of aliphatic hydroxyl groups excluding tert-OH is 1. The molecule has 3 heteroatoms. The first kappa shape index (κ1) is 14.1. The Morgan fingerprint density at radius 2 is 1.86 bits per heavy atom. The van der Waals surface area contributed by atoms with E-state index in [0.717, 1.165) is 29.8 Å². The summed E-state index contributed by atoms with van der Waals surface area (Å²) in [6.07, 6.45) is 0.476. The number of methoxy groups -OCH3 is 1. The Kier molecular flexibility index (Phi) is 3.95. The lowest BCUT2D eigenvalue weighted by Gasteiger charge is -2.27. The van der Waals surface area contributed by atoms with E-state index in [-0.39, 0.29) is 6.04 Å². The van der Waals surface area contributed by atoms with Gasteiger partial charge in [-0.15, -0.1) is 0 Å². The second-order valence-corrected chi connectivity index (χ2v) is 5.64. The summed E-state index contributed by atoms with van der Waals surface area (Å²) in [5.74, 6) is 0.898. The van der Waals surface area contributed by atoms with E-state index in [2.05, 4.69) is 24.1 Å². The Morgan fingerprint density at radius 1 is 1.14 bits per heavy atom. The average molecular weight is 283 g/mol. The van der Waals surface area contributed by atoms with Gasteiger partial charge in [-0.2, -0.15) is 0 Å². The molecule has 0 heterocycles. The van der Waals surface area contributed by atoms with Crippen LogP contribution in [0.3, 0.4) is 0 Å². The van der Waals surface area contributed by atoms with Crippen molar-refractivity contribution in [2.24, 2.45) is 0 Å². The van der Waals surface area contributed by atoms with Gasteiger partial charge in [0, 0.05) is 18.2 Å². The van der Waals surface area contributed by atoms with Crippen LogP contribution in [0, 0.1) is 0 Å². The number of aliphatic hydroxyl groups is 1. The van der Waals surface area contributed by atoms with Gasteiger partial charge in [-0.05, 0) is 30.7 Å². The second-order valence-electron chi connectivity index (χ2n) is 5.64. The van der Waals surface area contributed by atoms with Gasteiger partial charge in [0.2, 0.25) is 0 Å². The molecule has 0 radical (unpaired) electrons. The van der Waals surface area contributed by atoms with E-state index in [0.29, 0.717) is 0 Å². The minimum absolute atomic E-state index is 0.118. The zero-order valence-electron chi connectivity index (χ0n) is 12.5. The van der Waals surface area contributed by atoms with Crippen LogP contribution in [0.25, 0.3) is 0 Å². The number of hydrogen-bond donors (Lipinski definition) is 1. The van der Waals surface area contributed by atoms with E-state index in [9.17, 15) is 5.11 Å². The largest absolute Gasteiger partial charge is 0.496 e. The SMILES string of the molecule is COc1ccccc1CN(C)C1Cc2ccccc2C1O. The highest BCUT2D eigenvalue weighted by Crippen LogP contribution is 2.34.